The molecule has 0 amide bonds. The van der Waals surface area contributed by atoms with Crippen molar-refractivity contribution in [1.29, 1.82) is 0 Å². The Kier molecular flexibility index (Phi) is 5.49. The maximum atomic E-state index is 5.37. The van der Waals surface area contributed by atoms with Crippen LogP contribution in [0.15, 0.2) is 0 Å². The summed E-state index contributed by atoms with van der Waals surface area (Å²) in [5.41, 5.74) is 0. The molecular formula is C12H25NO. The van der Waals surface area contributed by atoms with Crippen LogP contribution in [0.25, 0.3) is 0 Å². The Bertz CT molecular complexity index is 141. The molecule has 0 bridgehead atoms. The van der Waals surface area contributed by atoms with Crippen molar-refractivity contribution in [3.63, 3.8) is 0 Å². The Morgan fingerprint density at radius 1 is 1.29 bits per heavy atom. The van der Waals surface area contributed by atoms with Crippen molar-refractivity contribution in [2.24, 2.45) is 5.92 Å². The smallest absolute Gasteiger partial charge is 0.0571 e. The average Bonchev–Trinajstić information content (AvgIpc) is 2.26. The van der Waals surface area contributed by atoms with Crippen LogP contribution in [0, 0.1) is 5.92 Å². The van der Waals surface area contributed by atoms with E-state index in [1.165, 1.54) is 38.5 Å². The molecule has 1 aliphatic carbocycles. The van der Waals surface area contributed by atoms with Crippen molar-refractivity contribution in [3.05, 3.63) is 0 Å². The molecule has 1 atom stereocenters. The molecular weight excluding hydrogens is 174 g/mol. The highest BCUT2D eigenvalue weighted by Gasteiger charge is 2.20. The molecule has 0 aromatic heterocycles. The lowest BCUT2D eigenvalue weighted by Gasteiger charge is -2.28. The Labute approximate surface area is 88.4 Å². The third-order valence-corrected chi connectivity index (χ3v) is 3.63. The average molecular weight is 199 g/mol. The quantitative estimate of drug-likeness (QED) is 0.735. The highest BCUT2D eigenvalue weighted by molar-refractivity contribution is 4.73. The molecule has 0 radical (unpaired) electrons. The van der Waals surface area contributed by atoms with E-state index in [2.05, 4.69) is 12.2 Å². The molecule has 0 heterocycles. The van der Waals surface area contributed by atoms with Gasteiger partial charge in [0.15, 0.2) is 0 Å². The molecule has 1 fully saturated rings. The summed E-state index contributed by atoms with van der Waals surface area (Å²) in [6.07, 6.45) is 8.54. The van der Waals surface area contributed by atoms with Gasteiger partial charge in [-0.15, -0.1) is 0 Å². The lowest BCUT2D eigenvalue weighted by molar-refractivity contribution is 0.0549. The molecule has 0 saturated heterocycles. The first-order valence-electron chi connectivity index (χ1n) is 5.96. The van der Waals surface area contributed by atoms with Gasteiger partial charge < -0.3 is 10.1 Å². The largest absolute Gasteiger partial charge is 0.381 e. The molecule has 0 aliphatic heterocycles. The summed E-state index contributed by atoms with van der Waals surface area (Å²) in [5, 5.41) is 3.30. The van der Waals surface area contributed by atoms with E-state index in [1.807, 2.05) is 14.2 Å². The zero-order chi connectivity index (χ0) is 10.4. The van der Waals surface area contributed by atoms with Gasteiger partial charge in [0.2, 0.25) is 0 Å². The second-order valence-corrected chi connectivity index (χ2v) is 4.65. The fourth-order valence-electron chi connectivity index (χ4n) is 2.29. The van der Waals surface area contributed by atoms with Crippen molar-refractivity contribution in [2.45, 2.75) is 57.6 Å². The van der Waals surface area contributed by atoms with Gasteiger partial charge in [-0.1, -0.05) is 0 Å². The maximum Gasteiger partial charge on any atom is 0.0571 e. The van der Waals surface area contributed by atoms with Crippen molar-refractivity contribution >= 4 is 0 Å². The van der Waals surface area contributed by atoms with E-state index in [-0.39, 0.29) is 0 Å². The van der Waals surface area contributed by atoms with Crippen LogP contribution in [-0.4, -0.2) is 26.3 Å². The predicted molar refractivity (Wildman–Crippen MR) is 60.5 cm³/mol. The number of hydrogen-bond acceptors (Lipinski definition) is 2. The third-order valence-electron chi connectivity index (χ3n) is 3.63. The van der Waals surface area contributed by atoms with Crippen LogP contribution in [0.5, 0.6) is 0 Å². The van der Waals surface area contributed by atoms with Crippen LogP contribution in [0.4, 0.5) is 0 Å². The fraction of sp³-hybridized carbons (Fsp3) is 1.00. The van der Waals surface area contributed by atoms with E-state index in [1.54, 1.807) is 0 Å². The molecule has 0 spiro atoms. The standard InChI is InChI=1S/C12H25NO/c1-10(13-2)4-5-11-6-8-12(14-3)9-7-11/h10-13H,4-9H2,1-3H3. The lowest BCUT2D eigenvalue weighted by atomic mass is 9.84. The topological polar surface area (TPSA) is 21.3 Å². The molecule has 0 aromatic carbocycles. The molecule has 1 unspecified atom stereocenters. The van der Waals surface area contributed by atoms with Gasteiger partial charge in [0.1, 0.15) is 0 Å². The molecule has 1 N–H and O–H groups in total. The maximum absolute atomic E-state index is 5.37. The summed E-state index contributed by atoms with van der Waals surface area (Å²) in [6, 6.07) is 0.676. The van der Waals surface area contributed by atoms with E-state index in [9.17, 15) is 0 Å². The van der Waals surface area contributed by atoms with Crippen LogP contribution in [-0.2, 0) is 4.74 Å². The molecule has 1 saturated carbocycles. The molecule has 84 valence electrons. The van der Waals surface area contributed by atoms with Crippen molar-refractivity contribution < 1.29 is 4.74 Å². The highest BCUT2D eigenvalue weighted by atomic mass is 16.5. The Morgan fingerprint density at radius 2 is 1.93 bits per heavy atom. The highest BCUT2D eigenvalue weighted by Crippen LogP contribution is 2.29. The summed E-state index contributed by atoms with van der Waals surface area (Å²) in [6.45, 7) is 2.26. The summed E-state index contributed by atoms with van der Waals surface area (Å²) in [5.74, 6) is 0.956. The van der Waals surface area contributed by atoms with E-state index in [4.69, 9.17) is 4.74 Å². The van der Waals surface area contributed by atoms with Gasteiger partial charge in [-0.25, -0.2) is 0 Å². The van der Waals surface area contributed by atoms with Gasteiger partial charge in [0, 0.05) is 13.2 Å². The monoisotopic (exact) mass is 199 g/mol. The zero-order valence-corrected chi connectivity index (χ0v) is 9.88. The Morgan fingerprint density at radius 3 is 2.43 bits per heavy atom. The van der Waals surface area contributed by atoms with Gasteiger partial charge in [0.05, 0.1) is 6.10 Å². The minimum absolute atomic E-state index is 0.549. The van der Waals surface area contributed by atoms with Gasteiger partial charge in [0.25, 0.3) is 0 Å². The van der Waals surface area contributed by atoms with Gasteiger partial charge in [-0.05, 0) is 58.4 Å². The van der Waals surface area contributed by atoms with E-state index < -0.39 is 0 Å². The molecule has 2 heteroatoms. The first-order valence-corrected chi connectivity index (χ1v) is 5.96. The third kappa shape index (κ3) is 3.97. The van der Waals surface area contributed by atoms with Gasteiger partial charge >= 0.3 is 0 Å². The summed E-state index contributed by atoms with van der Waals surface area (Å²) in [4.78, 5) is 0. The molecule has 2 nitrogen and oxygen atoms in total. The summed E-state index contributed by atoms with van der Waals surface area (Å²) >= 11 is 0. The van der Waals surface area contributed by atoms with Crippen LogP contribution in [0.3, 0.4) is 0 Å². The number of nitrogens with one attached hydrogen (secondary N) is 1. The second kappa shape index (κ2) is 6.41. The number of ether oxygens (including phenoxy) is 1. The van der Waals surface area contributed by atoms with Crippen molar-refractivity contribution in [2.75, 3.05) is 14.2 Å². The molecule has 1 rings (SSSR count). The molecule has 0 aromatic rings. The van der Waals surface area contributed by atoms with Crippen molar-refractivity contribution in [1.82, 2.24) is 5.32 Å². The van der Waals surface area contributed by atoms with Gasteiger partial charge in [-0.2, -0.15) is 0 Å². The number of rotatable bonds is 5. The summed E-state index contributed by atoms with van der Waals surface area (Å²) < 4.78 is 5.37. The Balaban J connectivity index is 2.10. The number of methoxy groups -OCH3 is 1. The number of hydrogen-bond donors (Lipinski definition) is 1. The van der Waals surface area contributed by atoms with Crippen LogP contribution in [0.2, 0.25) is 0 Å². The Hall–Kier alpha value is -0.0800. The van der Waals surface area contributed by atoms with E-state index in [0.717, 1.165) is 5.92 Å². The molecule has 14 heavy (non-hydrogen) atoms. The van der Waals surface area contributed by atoms with E-state index >= 15 is 0 Å². The van der Waals surface area contributed by atoms with Crippen LogP contribution >= 0.6 is 0 Å². The lowest BCUT2D eigenvalue weighted by Crippen LogP contribution is -2.24. The minimum atomic E-state index is 0.549. The van der Waals surface area contributed by atoms with E-state index in [0.29, 0.717) is 12.1 Å². The predicted octanol–water partition coefficient (Wildman–Crippen LogP) is 2.58. The molecule has 1 aliphatic rings. The van der Waals surface area contributed by atoms with Crippen molar-refractivity contribution in [3.8, 4) is 0 Å². The SMILES string of the molecule is CNC(C)CCC1CCC(OC)CC1. The first kappa shape index (κ1) is 12.0. The van der Waals surface area contributed by atoms with Gasteiger partial charge in [-0.3, -0.25) is 0 Å². The fourth-order valence-corrected chi connectivity index (χ4v) is 2.29. The normalized spacial score (nSPS) is 30.2. The second-order valence-electron chi connectivity index (χ2n) is 4.65. The van der Waals surface area contributed by atoms with Crippen LogP contribution in [0.1, 0.15) is 45.4 Å². The minimum Gasteiger partial charge on any atom is -0.381 e. The van der Waals surface area contributed by atoms with Crippen LogP contribution < -0.4 is 5.32 Å². The first-order chi connectivity index (χ1) is 6.76. The summed E-state index contributed by atoms with van der Waals surface area (Å²) in [7, 11) is 3.89. The zero-order valence-electron chi connectivity index (χ0n) is 9.88.